The lowest BCUT2D eigenvalue weighted by Gasteiger charge is -2.26. The Hall–Kier alpha value is -0.900. The molecule has 0 spiro atoms. The molecule has 2 N–H and O–H groups in total. The Bertz CT molecular complexity index is 285. The molecular weight excluding hydrogens is 202 g/mol. The van der Waals surface area contributed by atoms with Gasteiger partial charge in [-0.1, -0.05) is 37.3 Å². The molecule has 0 saturated carbocycles. The van der Waals surface area contributed by atoms with Gasteiger partial charge in [-0.2, -0.15) is 0 Å². The van der Waals surface area contributed by atoms with Crippen LogP contribution in [0.5, 0.6) is 0 Å². The van der Waals surface area contributed by atoms with Gasteiger partial charge in [-0.25, -0.2) is 0 Å². The fourth-order valence-electron chi connectivity index (χ4n) is 1.80. The molecule has 0 aliphatic heterocycles. The molecule has 0 bridgehead atoms. The number of ether oxygens (including phenoxy) is 2. The lowest BCUT2D eigenvalue weighted by Crippen LogP contribution is -2.39. The maximum Gasteiger partial charge on any atom is 0.160 e. The maximum absolute atomic E-state index is 6.14. The molecule has 0 heterocycles. The first-order chi connectivity index (χ1) is 7.69. The first-order valence-corrected chi connectivity index (χ1v) is 5.54. The van der Waals surface area contributed by atoms with Crippen molar-refractivity contribution in [2.45, 2.75) is 25.7 Å². The van der Waals surface area contributed by atoms with E-state index in [0.29, 0.717) is 0 Å². The molecule has 0 fully saturated rings. The zero-order valence-electron chi connectivity index (χ0n) is 10.2. The number of rotatable bonds is 6. The molecule has 0 aliphatic rings. The van der Waals surface area contributed by atoms with E-state index < -0.39 is 0 Å². The SMILES string of the molecule is COC(OC)[C@@H](C)C(N)Cc1ccccc1. The molecule has 0 radical (unpaired) electrons. The van der Waals surface area contributed by atoms with E-state index in [4.69, 9.17) is 15.2 Å². The first kappa shape index (κ1) is 13.2. The monoisotopic (exact) mass is 223 g/mol. The van der Waals surface area contributed by atoms with Gasteiger partial charge in [0, 0.05) is 26.2 Å². The minimum atomic E-state index is -0.237. The van der Waals surface area contributed by atoms with Crippen molar-refractivity contribution in [3.8, 4) is 0 Å². The molecule has 1 unspecified atom stereocenters. The lowest BCUT2D eigenvalue weighted by atomic mass is 9.95. The van der Waals surface area contributed by atoms with Crippen molar-refractivity contribution < 1.29 is 9.47 Å². The Labute approximate surface area is 97.6 Å². The Balaban J connectivity index is 2.54. The zero-order chi connectivity index (χ0) is 12.0. The largest absolute Gasteiger partial charge is 0.356 e. The second-order valence-electron chi connectivity index (χ2n) is 4.05. The highest BCUT2D eigenvalue weighted by atomic mass is 16.7. The van der Waals surface area contributed by atoms with E-state index in [-0.39, 0.29) is 18.2 Å². The third-order valence-electron chi connectivity index (χ3n) is 2.88. The fraction of sp³-hybridized carbons (Fsp3) is 0.538. The smallest absolute Gasteiger partial charge is 0.160 e. The van der Waals surface area contributed by atoms with Crippen LogP contribution in [-0.4, -0.2) is 26.6 Å². The quantitative estimate of drug-likeness (QED) is 0.748. The van der Waals surface area contributed by atoms with Crippen LogP contribution < -0.4 is 5.73 Å². The van der Waals surface area contributed by atoms with Crippen LogP contribution in [0.1, 0.15) is 12.5 Å². The Morgan fingerprint density at radius 2 is 1.69 bits per heavy atom. The van der Waals surface area contributed by atoms with Crippen molar-refractivity contribution in [2.75, 3.05) is 14.2 Å². The van der Waals surface area contributed by atoms with Crippen LogP contribution in [0.2, 0.25) is 0 Å². The number of benzene rings is 1. The normalized spacial score (nSPS) is 15.1. The maximum atomic E-state index is 6.14. The summed E-state index contributed by atoms with van der Waals surface area (Å²) in [5.74, 6) is 0.162. The minimum Gasteiger partial charge on any atom is -0.356 e. The summed E-state index contributed by atoms with van der Waals surface area (Å²) in [6.07, 6.45) is 0.601. The van der Waals surface area contributed by atoms with Crippen molar-refractivity contribution in [1.29, 1.82) is 0 Å². The van der Waals surface area contributed by atoms with Crippen LogP contribution in [0, 0.1) is 5.92 Å². The zero-order valence-corrected chi connectivity index (χ0v) is 10.2. The van der Waals surface area contributed by atoms with Gasteiger partial charge in [0.25, 0.3) is 0 Å². The van der Waals surface area contributed by atoms with Crippen molar-refractivity contribution in [3.63, 3.8) is 0 Å². The topological polar surface area (TPSA) is 44.5 Å². The first-order valence-electron chi connectivity index (χ1n) is 5.54. The molecular formula is C13H21NO2. The summed E-state index contributed by atoms with van der Waals surface area (Å²) < 4.78 is 10.4. The van der Waals surface area contributed by atoms with Crippen LogP contribution in [-0.2, 0) is 15.9 Å². The predicted octanol–water partition coefficient (Wildman–Crippen LogP) is 1.81. The van der Waals surface area contributed by atoms with Gasteiger partial charge in [-0.05, 0) is 12.0 Å². The van der Waals surface area contributed by atoms with Gasteiger partial charge in [0.05, 0.1) is 0 Å². The fourth-order valence-corrected chi connectivity index (χ4v) is 1.80. The number of hydrogen-bond acceptors (Lipinski definition) is 3. The van der Waals surface area contributed by atoms with E-state index in [1.165, 1.54) is 5.56 Å². The van der Waals surface area contributed by atoms with E-state index >= 15 is 0 Å². The average molecular weight is 223 g/mol. The third kappa shape index (κ3) is 3.59. The summed E-state index contributed by atoms with van der Waals surface area (Å²) in [7, 11) is 3.28. The Morgan fingerprint density at radius 3 is 2.19 bits per heavy atom. The molecule has 90 valence electrons. The van der Waals surface area contributed by atoms with Gasteiger partial charge in [-0.3, -0.25) is 0 Å². The van der Waals surface area contributed by atoms with E-state index in [0.717, 1.165) is 6.42 Å². The van der Waals surface area contributed by atoms with Gasteiger partial charge in [0.2, 0.25) is 0 Å². The second kappa shape index (κ2) is 6.63. The molecule has 3 nitrogen and oxygen atoms in total. The summed E-state index contributed by atoms with van der Waals surface area (Å²) in [5, 5.41) is 0. The molecule has 16 heavy (non-hydrogen) atoms. The van der Waals surface area contributed by atoms with Crippen molar-refractivity contribution in [1.82, 2.24) is 0 Å². The molecule has 1 rings (SSSR count). The van der Waals surface area contributed by atoms with Gasteiger partial charge < -0.3 is 15.2 Å². The molecule has 3 heteroatoms. The number of methoxy groups -OCH3 is 2. The van der Waals surface area contributed by atoms with E-state index in [1.54, 1.807) is 14.2 Å². The summed E-state index contributed by atoms with van der Waals surface area (Å²) >= 11 is 0. The number of nitrogens with two attached hydrogens (primary N) is 1. The summed E-state index contributed by atoms with van der Waals surface area (Å²) in [5.41, 5.74) is 7.38. The molecule has 1 aromatic rings. The molecule has 1 aromatic carbocycles. The molecule has 0 amide bonds. The highest BCUT2D eigenvalue weighted by molar-refractivity contribution is 5.15. The Kier molecular flexibility index (Phi) is 5.46. The summed E-state index contributed by atoms with van der Waals surface area (Å²) in [6.45, 7) is 2.05. The van der Waals surface area contributed by atoms with Crippen LogP contribution in [0.3, 0.4) is 0 Å². The second-order valence-corrected chi connectivity index (χ2v) is 4.05. The van der Waals surface area contributed by atoms with Crippen molar-refractivity contribution in [2.24, 2.45) is 11.7 Å². The van der Waals surface area contributed by atoms with E-state index in [9.17, 15) is 0 Å². The predicted molar refractivity (Wildman–Crippen MR) is 65.1 cm³/mol. The van der Waals surface area contributed by atoms with Crippen molar-refractivity contribution in [3.05, 3.63) is 35.9 Å². The van der Waals surface area contributed by atoms with Gasteiger partial charge >= 0.3 is 0 Å². The van der Waals surface area contributed by atoms with Crippen LogP contribution in [0.15, 0.2) is 30.3 Å². The number of hydrogen-bond donors (Lipinski definition) is 1. The summed E-state index contributed by atoms with van der Waals surface area (Å²) in [6, 6.07) is 10.3. The van der Waals surface area contributed by atoms with Gasteiger partial charge in [0.15, 0.2) is 6.29 Å². The molecule has 0 aliphatic carbocycles. The lowest BCUT2D eigenvalue weighted by molar-refractivity contribution is -0.137. The third-order valence-corrected chi connectivity index (χ3v) is 2.88. The van der Waals surface area contributed by atoms with Gasteiger partial charge in [-0.15, -0.1) is 0 Å². The standard InChI is InChI=1S/C13H21NO2/c1-10(13(15-2)16-3)12(14)9-11-7-5-4-6-8-11/h4-8,10,12-13H,9,14H2,1-3H3/t10-,12?/m0/s1. The van der Waals surface area contributed by atoms with Gasteiger partial charge in [0.1, 0.15) is 0 Å². The van der Waals surface area contributed by atoms with Crippen LogP contribution in [0.4, 0.5) is 0 Å². The Morgan fingerprint density at radius 1 is 1.12 bits per heavy atom. The molecule has 0 saturated heterocycles. The van der Waals surface area contributed by atoms with E-state index in [1.807, 2.05) is 25.1 Å². The minimum absolute atomic E-state index is 0.0345. The van der Waals surface area contributed by atoms with E-state index in [2.05, 4.69) is 12.1 Å². The van der Waals surface area contributed by atoms with Crippen LogP contribution >= 0.6 is 0 Å². The average Bonchev–Trinajstić information content (AvgIpc) is 2.31. The van der Waals surface area contributed by atoms with Crippen LogP contribution in [0.25, 0.3) is 0 Å². The molecule has 2 atom stereocenters. The molecule has 0 aromatic heterocycles. The van der Waals surface area contributed by atoms with Crippen molar-refractivity contribution >= 4 is 0 Å². The highest BCUT2D eigenvalue weighted by Crippen LogP contribution is 2.14. The summed E-state index contributed by atoms with van der Waals surface area (Å²) in [4.78, 5) is 0. The highest BCUT2D eigenvalue weighted by Gasteiger charge is 2.22.